The van der Waals surface area contributed by atoms with Crippen LogP contribution in [-0.4, -0.2) is 39.6 Å². The Labute approximate surface area is 151 Å². The average Bonchev–Trinajstić information content (AvgIpc) is 3.04. The van der Waals surface area contributed by atoms with E-state index in [0.717, 1.165) is 22.9 Å². The summed E-state index contributed by atoms with van der Waals surface area (Å²) in [5.74, 6) is 0.928. The van der Waals surface area contributed by atoms with E-state index in [4.69, 9.17) is 0 Å². The van der Waals surface area contributed by atoms with Crippen molar-refractivity contribution in [3.05, 3.63) is 30.0 Å². The van der Waals surface area contributed by atoms with Gasteiger partial charge in [-0.05, 0) is 72.0 Å². The van der Waals surface area contributed by atoms with Crippen LogP contribution < -0.4 is 0 Å². The molecule has 1 aromatic carbocycles. The highest BCUT2D eigenvalue weighted by Crippen LogP contribution is 2.26. The minimum Gasteiger partial charge on any atom is -0.301 e. The van der Waals surface area contributed by atoms with E-state index in [0.29, 0.717) is 24.4 Å². The predicted molar refractivity (Wildman–Crippen MR) is 103 cm³/mol. The molecule has 136 valence electrons. The van der Waals surface area contributed by atoms with E-state index in [9.17, 15) is 4.79 Å². The van der Waals surface area contributed by atoms with E-state index in [-0.39, 0.29) is 5.78 Å². The first-order valence-electron chi connectivity index (χ1n) is 9.71. The van der Waals surface area contributed by atoms with Crippen LogP contribution in [0.25, 0.3) is 10.9 Å². The summed E-state index contributed by atoms with van der Waals surface area (Å²) in [6.45, 7) is 11.1. The molecule has 0 bridgehead atoms. The molecule has 3 rings (SSSR count). The van der Waals surface area contributed by atoms with Crippen molar-refractivity contribution in [1.82, 2.24) is 14.7 Å². The van der Waals surface area contributed by atoms with E-state index in [2.05, 4.69) is 37.7 Å². The summed E-state index contributed by atoms with van der Waals surface area (Å²) < 4.78 is 1.95. The third-order valence-corrected chi connectivity index (χ3v) is 5.54. The Bertz CT molecular complexity index is 724. The van der Waals surface area contributed by atoms with E-state index in [1.165, 1.54) is 25.9 Å². The van der Waals surface area contributed by atoms with Gasteiger partial charge in [0.2, 0.25) is 0 Å². The molecule has 1 saturated heterocycles. The third-order valence-electron chi connectivity index (χ3n) is 5.54. The highest BCUT2D eigenvalue weighted by atomic mass is 16.1. The quantitative estimate of drug-likeness (QED) is 0.715. The molecule has 1 aliphatic rings. The molecular weight excluding hydrogens is 310 g/mol. The number of nitrogens with zero attached hydrogens (tertiary/aromatic N) is 3. The standard InChI is InChI=1S/C21H31N3O/c1-15(2)23-12-10-17(11-13-23)8-9-20(25)19-7-5-6-18-14-24(16(3)4)22-21(18)19/h5-7,14-17H,8-13H2,1-4H3. The van der Waals surface area contributed by atoms with Gasteiger partial charge in [0.05, 0.1) is 0 Å². The van der Waals surface area contributed by atoms with E-state index in [1.807, 2.05) is 29.1 Å². The fourth-order valence-electron chi connectivity index (χ4n) is 3.78. The third kappa shape index (κ3) is 4.12. The Kier molecular flexibility index (Phi) is 5.57. The SMILES string of the molecule is CC(C)N1CCC(CCC(=O)c2cccc3cn(C(C)C)nc23)CC1. The van der Waals surface area contributed by atoms with Gasteiger partial charge in [-0.3, -0.25) is 9.48 Å². The molecule has 2 heterocycles. The van der Waals surface area contributed by atoms with Crippen LogP contribution in [0.2, 0.25) is 0 Å². The Hall–Kier alpha value is -1.68. The molecule has 0 amide bonds. The van der Waals surface area contributed by atoms with Crippen LogP contribution in [-0.2, 0) is 0 Å². The smallest absolute Gasteiger partial charge is 0.165 e. The molecular formula is C21H31N3O. The Morgan fingerprint density at radius 1 is 1.16 bits per heavy atom. The molecule has 1 aromatic heterocycles. The predicted octanol–water partition coefficient (Wildman–Crippen LogP) is 4.70. The second-order valence-electron chi connectivity index (χ2n) is 7.98. The van der Waals surface area contributed by atoms with Gasteiger partial charge < -0.3 is 4.90 Å². The molecule has 0 spiro atoms. The Morgan fingerprint density at radius 2 is 1.88 bits per heavy atom. The summed E-state index contributed by atoms with van der Waals surface area (Å²) in [5, 5.41) is 5.71. The number of likely N-dealkylation sites (tertiary alicyclic amines) is 1. The van der Waals surface area contributed by atoms with Gasteiger partial charge in [0.1, 0.15) is 5.52 Å². The van der Waals surface area contributed by atoms with Gasteiger partial charge in [0.25, 0.3) is 0 Å². The average molecular weight is 341 g/mol. The maximum Gasteiger partial charge on any atom is 0.165 e. The number of fused-ring (bicyclic) bond motifs is 1. The minimum atomic E-state index is 0.242. The zero-order valence-electron chi connectivity index (χ0n) is 16.0. The first kappa shape index (κ1) is 18.1. The van der Waals surface area contributed by atoms with Crippen LogP contribution in [0.15, 0.2) is 24.4 Å². The molecule has 0 N–H and O–H groups in total. The van der Waals surface area contributed by atoms with Gasteiger partial charge in [-0.15, -0.1) is 0 Å². The topological polar surface area (TPSA) is 38.1 Å². The number of aromatic nitrogens is 2. The number of benzene rings is 1. The van der Waals surface area contributed by atoms with Gasteiger partial charge in [-0.2, -0.15) is 5.10 Å². The molecule has 1 aliphatic heterocycles. The number of Topliss-reactive ketones (excluding diaryl/α,β-unsaturated/α-hetero) is 1. The largest absolute Gasteiger partial charge is 0.301 e. The summed E-state index contributed by atoms with van der Waals surface area (Å²) in [6.07, 6.45) is 6.12. The molecule has 0 aliphatic carbocycles. The number of rotatable bonds is 6. The van der Waals surface area contributed by atoms with Crippen LogP contribution in [0.4, 0.5) is 0 Å². The molecule has 4 nitrogen and oxygen atoms in total. The molecule has 25 heavy (non-hydrogen) atoms. The lowest BCUT2D eigenvalue weighted by molar-refractivity contribution is 0.0956. The van der Waals surface area contributed by atoms with Crippen molar-refractivity contribution < 1.29 is 4.79 Å². The van der Waals surface area contributed by atoms with Gasteiger partial charge in [-0.1, -0.05) is 12.1 Å². The maximum absolute atomic E-state index is 12.8. The summed E-state index contributed by atoms with van der Waals surface area (Å²) >= 11 is 0. The highest BCUT2D eigenvalue weighted by molar-refractivity contribution is 6.06. The summed E-state index contributed by atoms with van der Waals surface area (Å²) in [4.78, 5) is 15.3. The lowest BCUT2D eigenvalue weighted by Crippen LogP contribution is -2.38. The zero-order chi connectivity index (χ0) is 18.0. The van der Waals surface area contributed by atoms with Crippen LogP contribution in [0.5, 0.6) is 0 Å². The van der Waals surface area contributed by atoms with Crippen molar-refractivity contribution in [1.29, 1.82) is 0 Å². The summed E-state index contributed by atoms with van der Waals surface area (Å²) in [6, 6.07) is 6.89. The van der Waals surface area contributed by atoms with Gasteiger partial charge in [0.15, 0.2) is 5.78 Å². The maximum atomic E-state index is 12.8. The van der Waals surface area contributed by atoms with Gasteiger partial charge in [-0.25, -0.2) is 0 Å². The van der Waals surface area contributed by atoms with Crippen molar-refractivity contribution in [2.24, 2.45) is 5.92 Å². The van der Waals surface area contributed by atoms with Gasteiger partial charge >= 0.3 is 0 Å². The number of piperidine rings is 1. The molecule has 0 saturated carbocycles. The lowest BCUT2D eigenvalue weighted by Gasteiger charge is -2.34. The normalized spacial score (nSPS) is 17.0. The molecule has 4 heteroatoms. The van der Waals surface area contributed by atoms with Crippen molar-refractivity contribution in [3.8, 4) is 0 Å². The number of hydrogen-bond donors (Lipinski definition) is 0. The first-order chi connectivity index (χ1) is 12.0. The molecule has 0 atom stereocenters. The number of ketones is 1. The monoisotopic (exact) mass is 341 g/mol. The molecule has 0 unspecified atom stereocenters. The number of carbonyl (C=O) groups excluding carboxylic acids is 1. The van der Waals surface area contributed by atoms with Crippen LogP contribution in [0.1, 0.15) is 69.8 Å². The van der Waals surface area contributed by atoms with E-state index in [1.54, 1.807) is 0 Å². The van der Waals surface area contributed by atoms with E-state index < -0.39 is 0 Å². The molecule has 0 radical (unpaired) electrons. The second kappa shape index (κ2) is 7.69. The molecule has 2 aromatic rings. The zero-order valence-corrected chi connectivity index (χ0v) is 16.0. The summed E-state index contributed by atoms with van der Waals surface area (Å²) in [7, 11) is 0. The minimum absolute atomic E-state index is 0.242. The van der Waals surface area contributed by atoms with Crippen molar-refractivity contribution >= 4 is 16.7 Å². The van der Waals surface area contributed by atoms with Gasteiger partial charge in [0, 0.05) is 35.7 Å². The summed E-state index contributed by atoms with van der Waals surface area (Å²) in [5.41, 5.74) is 1.65. The van der Waals surface area contributed by atoms with Crippen molar-refractivity contribution in [2.45, 2.75) is 65.5 Å². The van der Waals surface area contributed by atoms with Crippen molar-refractivity contribution in [3.63, 3.8) is 0 Å². The van der Waals surface area contributed by atoms with Crippen molar-refractivity contribution in [2.75, 3.05) is 13.1 Å². The number of carbonyl (C=O) groups is 1. The lowest BCUT2D eigenvalue weighted by atomic mass is 9.89. The van der Waals surface area contributed by atoms with Crippen LogP contribution in [0, 0.1) is 5.92 Å². The van der Waals surface area contributed by atoms with Crippen LogP contribution in [0.3, 0.4) is 0 Å². The van der Waals surface area contributed by atoms with Crippen LogP contribution >= 0.6 is 0 Å². The fourth-order valence-corrected chi connectivity index (χ4v) is 3.78. The Morgan fingerprint density at radius 3 is 2.52 bits per heavy atom. The Balaban J connectivity index is 1.63. The highest BCUT2D eigenvalue weighted by Gasteiger charge is 2.22. The second-order valence-corrected chi connectivity index (χ2v) is 7.98. The number of hydrogen-bond acceptors (Lipinski definition) is 3. The fraction of sp³-hybridized carbons (Fsp3) is 0.619. The van der Waals surface area contributed by atoms with E-state index >= 15 is 0 Å². The molecule has 1 fully saturated rings. The first-order valence-corrected chi connectivity index (χ1v) is 9.71.